The Morgan fingerprint density at radius 1 is 0.364 bits per heavy atom. The van der Waals surface area contributed by atoms with Crippen molar-refractivity contribution in [1.29, 1.82) is 0 Å². The van der Waals surface area contributed by atoms with E-state index in [1.807, 2.05) is 0 Å². The molecule has 1 unspecified atom stereocenters. The zero-order valence-electron chi connectivity index (χ0n) is 30.2. The van der Waals surface area contributed by atoms with E-state index in [0.29, 0.717) is 0 Å². The Morgan fingerprint density at radius 3 is 1.93 bits per heavy atom. The molecule has 12 rings (SSSR count). The third kappa shape index (κ3) is 4.66. The van der Waals surface area contributed by atoms with E-state index in [4.69, 9.17) is 0 Å². The fourth-order valence-corrected chi connectivity index (χ4v) is 9.66. The van der Waals surface area contributed by atoms with E-state index >= 15 is 0 Å². The summed E-state index contributed by atoms with van der Waals surface area (Å²) in [6, 6.07) is 72.4. The maximum atomic E-state index is 2.48. The molecule has 2 aliphatic rings. The van der Waals surface area contributed by atoms with E-state index in [0.717, 1.165) is 6.42 Å². The Labute approximate surface area is 320 Å². The molecule has 9 aromatic carbocycles. The van der Waals surface area contributed by atoms with E-state index in [1.54, 1.807) is 0 Å². The molecule has 0 N–H and O–H groups in total. The van der Waals surface area contributed by atoms with Crippen LogP contribution in [0, 0.1) is 0 Å². The van der Waals surface area contributed by atoms with Crippen molar-refractivity contribution in [2.24, 2.45) is 0 Å². The van der Waals surface area contributed by atoms with E-state index in [1.165, 1.54) is 111 Å². The van der Waals surface area contributed by atoms with Crippen LogP contribution < -0.4 is 0 Å². The number of aromatic nitrogens is 1. The largest absolute Gasteiger partial charge is 0.309 e. The molecule has 1 nitrogen and oxygen atoms in total. The number of rotatable bonds is 4. The van der Waals surface area contributed by atoms with Crippen molar-refractivity contribution in [1.82, 2.24) is 4.57 Å². The molecule has 0 amide bonds. The Bertz CT molecular complexity index is 3160. The van der Waals surface area contributed by atoms with Gasteiger partial charge in [-0.2, -0.15) is 0 Å². The van der Waals surface area contributed by atoms with Gasteiger partial charge in [-0.15, -0.1) is 0 Å². The van der Waals surface area contributed by atoms with Gasteiger partial charge in [0.15, 0.2) is 0 Å². The summed E-state index contributed by atoms with van der Waals surface area (Å²) < 4.78 is 2.48. The molecule has 1 heterocycles. The molecule has 55 heavy (non-hydrogen) atoms. The summed E-state index contributed by atoms with van der Waals surface area (Å²) in [6.45, 7) is 0. The molecule has 0 saturated carbocycles. The quantitative estimate of drug-likeness (QED) is 0.173. The first-order chi connectivity index (χ1) is 27.2. The van der Waals surface area contributed by atoms with Crippen LogP contribution in [0.25, 0.3) is 82.8 Å². The van der Waals surface area contributed by atoms with Crippen LogP contribution in [0.2, 0.25) is 0 Å². The van der Waals surface area contributed by atoms with Crippen LogP contribution in [0.15, 0.2) is 194 Å². The lowest BCUT2D eigenvalue weighted by Gasteiger charge is -2.15. The van der Waals surface area contributed by atoms with Crippen LogP contribution in [0.3, 0.4) is 0 Å². The van der Waals surface area contributed by atoms with Crippen LogP contribution in [-0.4, -0.2) is 4.57 Å². The van der Waals surface area contributed by atoms with Gasteiger partial charge >= 0.3 is 0 Å². The second kappa shape index (κ2) is 11.8. The molecule has 1 heteroatoms. The van der Waals surface area contributed by atoms with Gasteiger partial charge in [0, 0.05) is 22.4 Å². The molecular formula is C54H35N. The van der Waals surface area contributed by atoms with Crippen LogP contribution in [-0.2, 0) is 6.42 Å². The fraction of sp³-hybridized carbons (Fsp3) is 0.0370. The van der Waals surface area contributed by atoms with Gasteiger partial charge in [0.25, 0.3) is 0 Å². The zero-order valence-corrected chi connectivity index (χ0v) is 30.2. The lowest BCUT2D eigenvalue weighted by atomic mass is 9.88. The Kier molecular flexibility index (Phi) is 6.53. The first kappa shape index (κ1) is 30.5. The smallest absolute Gasteiger partial charge is 0.0547 e. The lowest BCUT2D eigenvalue weighted by Crippen LogP contribution is -1.99. The highest BCUT2D eigenvalue weighted by atomic mass is 15.0. The maximum Gasteiger partial charge on any atom is 0.0547 e. The van der Waals surface area contributed by atoms with E-state index in [2.05, 4.69) is 199 Å². The Morgan fingerprint density at radius 2 is 1.04 bits per heavy atom. The summed E-state index contributed by atoms with van der Waals surface area (Å²) in [7, 11) is 0. The van der Waals surface area contributed by atoms with Crippen LogP contribution in [0.4, 0.5) is 0 Å². The SMILES string of the molecule is c1ccc(-c2ccc(C3c4ccccc4-c4cc(-c5ccc6c(c5)c5cc7c(cc5n6-c5ccc6ccccc6c5)-c5ccccc5C7)ccc43)cc2)cc1. The van der Waals surface area contributed by atoms with Crippen molar-refractivity contribution in [2.75, 3.05) is 0 Å². The van der Waals surface area contributed by atoms with Gasteiger partial charge in [0.2, 0.25) is 0 Å². The van der Waals surface area contributed by atoms with Gasteiger partial charge in [0.1, 0.15) is 0 Å². The molecule has 1 atom stereocenters. The van der Waals surface area contributed by atoms with Gasteiger partial charge in [0.05, 0.1) is 11.0 Å². The van der Waals surface area contributed by atoms with Crippen LogP contribution in [0.5, 0.6) is 0 Å². The summed E-state index contributed by atoms with van der Waals surface area (Å²) in [6.07, 6.45) is 0.976. The van der Waals surface area contributed by atoms with Crippen molar-refractivity contribution < 1.29 is 0 Å². The molecular weight excluding hydrogens is 663 g/mol. The second-order valence-electron chi connectivity index (χ2n) is 15.3. The highest BCUT2D eigenvalue weighted by Crippen LogP contribution is 2.50. The summed E-state index contributed by atoms with van der Waals surface area (Å²) in [5.41, 5.74) is 21.0. The van der Waals surface area contributed by atoms with Crippen molar-refractivity contribution in [2.45, 2.75) is 12.3 Å². The van der Waals surface area contributed by atoms with E-state index in [-0.39, 0.29) is 5.92 Å². The number of nitrogens with zero attached hydrogens (tertiary/aromatic N) is 1. The zero-order chi connectivity index (χ0) is 36.0. The predicted molar refractivity (Wildman–Crippen MR) is 230 cm³/mol. The van der Waals surface area contributed by atoms with Crippen LogP contribution in [0.1, 0.15) is 33.7 Å². The van der Waals surface area contributed by atoms with Gasteiger partial charge in [-0.05, 0) is 132 Å². The number of hydrogen-bond acceptors (Lipinski definition) is 0. The molecule has 0 bridgehead atoms. The highest BCUT2D eigenvalue weighted by Gasteiger charge is 2.30. The lowest BCUT2D eigenvalue weighted by molar-refractivity contribution is 1.02. The Balaban J connectivity index is 1.01. The molecule has 256 valence electrons. The van der Waals surface area contributed by atoms with Gasteiger partial charge in [-0.1, -0.05) is 152 Å². The van der Waals surface area contributed by atoms with Crippen LogP contribution >= 0.6 is 0 Å². The maximum absolute atomic E-state index is 2.48. The third-order valence-corrected chi connectivity index (χ3v) is 12.3. The number of hydrogen-bond donors (Lipinski definition) is 0. The first-order valence-electron chi connectivity index (χ1n) is 19.3. The van der Waals surface area contributed by atoms with Gasteiger partial charge in [-0.25, -0.2) is 0 Å². The predicted octanol–water partition coefficient (Wildman–Crippen LogP) is 14.0. The topological polar surface area (TPSA) is 4.93 Å². The molecule has 2 aliphatic carbocycles. The number of fused-ring (bicyclic) bond motifs is 10. The van der Waals surface area contributed by atoms with Crippen molar-refractivity contribution in [3.8, 4) is 50.2 Å². The minimum Gasteiger partial charge on any atom is -0.309 e. The summed E-state index contributed by atoms with van der Waals surface area (Å²) in [4.78, 5) is 0. The first-order valence-corrected chi connectivity index (χ1v) is 19.3. The molecule has 0 radical (unpaired) electrons. The summed E-state index contributed by atoms with van der Waals surface area (Å²) in [5.74, 6) is 0.207. The summed E-state index contributed by atoms with van der Waals surface area (Å²) in [5, 5.41) is 5.11. The van der Waals surface area contributed by atoms with Crippen molar-refractivity contribution >= 4 is 32.6 Å². The van der Waals surface area contributed by atoms with Crippen molar-refractivity contribution in [3.05, 3.63) is 222 Å². The molecule has 0 aliphatic heterocycles. The molecule has 0 spiro atoms. The number of benzene rings is 9. The van der Waals surface area contributed by atoms with Gasteiger partial charge in [-0.3, -0.25) is 0 Å². The fourth-order valence-electron chi connectivity index (χ4n) is 9.66. The average Bonchev–Trinajstić information content (AvgIpc) is 3.89. The summed E-state index contributed by atoms with van der Waals surface area (Å²) >= 11 is 0. The minimum atomic E-state index is 0.207. The minimum absolute atomic E-state index is 0.207. The third-order valence-electron chi connectivity index (χ3n) is 12.3. The monoisotopic (exact) mass is 697 g/mol. The molecule has 10 aromatic rings. The molecule has 1 aromatic heterocycles. The average molecular weight is 698 g/mol. The molecule has 0 saturated heterocycles. The van der Waals surface area contributed by atoms with E-state index < -0.39 is 0 Å². The normalized spacial score (nSPS) is 13.9. The Hall–Kier alpha value is -6.96. The van der Waals surface area contributed by atoms with Gasteiger partial charge < -0.3 is 4.57 Å². The van der Waals surface area contributed by atoms with E-state index in [9.17, 15) is 0 Å². The standard InChI is InChI=1S/C54H35N/c1-2-10-34(11-3-1)36-18-20-37(21-19-36)54-46-17-9-8-16-45(46)49-30-39(23-26-47(49)54)40-24-27-52-50(31-40)51-32-42-28-41-14-6-7-15-44(41)48(42)33-53(51)55(52)43-25-22-35-12-4-5-13-38(35)29-43/h1-27,29-33,54H,28H2. The second-order valence-corrected chi connectivity index (χ2v) is 15.3. The van der Waals surface area contributed by atoms with Crippen molar-refractivity contribution in [3.63, 3.8) is 0 Å². The molecule has 0 fully saturated rings. The highest BCUT2D eigenvalue weighted by molar-refractivity contribution is 6.12.